The number of piperidine rings is 1. The van der Waals surface area contributed by atoms with Gasteiger partial charge in [0, 0.05) is 25.7 Å². The van der Waals surface area contributed by atoms with E-state index in [4.69, 9.17) is 5.73 Å². The maximum atomic E-state index is 12.7. The highest BCUT2D eigenvalue weighted by Crippen LogP contribution is 2.18. The summed E-state index contributed by atoms with van der Waals surface area (Å²) in [5.74, 6) is 0. The molecule has 1 aliphatic heterocycles. The van der Waals surface area contributed by atoms with E-state index >= 15 is 0 Å². The number of hydrogen-bond acceptors (Lipinski definition) is 3. The third-order valence-electron chi connectivity index (χ3n) is 4.18. The molecule has 0 aromatic heterocycles. The quantitative estimate of drug-likeness (QED) is 0.838. The molecule has 0 aliphatic carbocycles. The Morgan fingerprint density at radius 1 is 1.36 bits per heavy atom. The molecule has 1 heterocycles. The molecule has 4 nitrogen and oxygen atoms in total. The molecule has 5 heteroatoms. The maximum absolute atomic E-state index is 12.7. The van der Waals surface area contributed by atoms with E-state index in [0.29, 0.717) is 0 Å². The molecular formula is C17H29N3OS. The van der Waals surface area contributed by atoms with Crippen molar-refractivity contribution in [3.63, 3.8) is 0 Å². The highest BCUT2D eigenvalue weighted by atomic mass is 32.2. The van der Waals surface area contributed by atoms with Crippen molar-refractivity contribution in [3.8, 4) is 0 Å². The number of benzene rings is 1. The van der Waals surface area contributed by atoms with Crippen LogP contribution >= 0.6 is 0 Å². The zero-order valence-electron chi connectivity index (χ0n) is 13.8. The summed E-state index contributed by atoms with van der Waals surface area (Å²) in [5, 5.41) is 0. The molecule has 0 radical (unpaired) electrons. The molecule has 0 bridgehead atoms. The second-order valence-corrected chi connectivity index (χ2v) is 7.74. The van der Waals surface area contributed by atoms with E-state index in [9.17, 15) is 4.21 Å². The van der Waals surface area contributed by atoms with Crippen molar-refractivity contribution in [2.24, 2.45) is 5.73 Å². The summed E-state index contributed by atoms with van der Waals surface area (Å²) in [6.45, 7) is 5.88. The van der Waals surface area contributed by atoms with Crippen molar-refractivity contribution < 1.29 is 4.21 Å². The van der Waals surface area contributed by atoms with Gasteiger partial charge >= 0.3 is 0 Å². The molecule has 1 fully saturated rings. The molecule has 2 N–H and O–H groups in total. The summed E-state index contributed by atoms with van der Waals surface area (Å²) in [6, 6.07) is 8.47. The summed E-state index contributed by atoms with van der Waals surface area (Å²) >= 11 is 0. The van der Waals surface area contributed by atoms with E-state index in [-0.39, 0.29) is 6.04 Å². The molecule has 1 aromatic rings. The first-order chi connectivity index (χ1) is 10.6. The summed E-state index contributed by atoms with van der Waals surface area (Å²) in [7, 11) is 1.09. The van der Waals surface area contributed by atoms with Crippen molar-refractivity contribution in [2.45, 2.75) is 50.1 Å². The molecule has 0 spiro atoms. The summed E-state index contributed by atoms with van der Waals surface area (Å²) in [4.78, 5) is 3.24. The highest BCUT2D eigenvalue weighted by Gasteiger charge is 2.21. The minimum Gasteiger partial charge on any atom is -0.328 e. The molecule has 124 valence electrons. The highest BCUT2D eigenvalue weighted by molar-refractivity contribution is 7.82. The number of nitrogens with zero attached hydrogens (tertiary/aromatic N) is 2. The minimum atomic E-state index is -1.06. The van der Waals surface area contributed by atoms with Gasteiger partial charge in [0.15, 0.2) is 0 Å². The van der Waals surface area contributed by atoms with Gasteiger partial charge in [-0.25, -0.2) is 8.51 Å². The summed E-state index contributed by atoms with van der Waals surface area (Å²) in [5.41, 5.74) is 7.16. The third-order valence-corrected chi connectivity index (χ3v) is 5.67. The second kappa shape index (κ2) is 8.77. The largest absolute Gasteiger partial charge is 0.328 e. The Morgan fingerprint density at radius 3 is 2.77 bits per heavy atom. The van der Waals surface area contributed by atoms with Gasteiger partial charge in [-0.15, -0.1) is 0 Å². The third kappa shape index (κ3) is 5.16. The summed E-state index contributed by atoms with van der Waals surface area (Å²) in [6.07, 6.45) is 4.30. The molecule has 1 unspecified atom stereocenters. The van der Waals surface area contributed by atoms with Crippen molar-refractivity contribution in [2.75, 3.05) is 26.7 Å². The Labute approximate surface area is 137 Å². The first-order valence-electron chi connectivity index (χ1n) is 8.30. The first-order valence-corrected chi connectivity index (χ1v) is 9.40. The minimum absolute atomic E-state index is 0.270. The van der Waals surface area contributed by atoms with E-state index in [1.54, 1.807) is 0 Å². The van der Waals surface area contributed by atoms with Crippen molar-refractivity contribution in [1.29, 1.82) is 0 Å². The molecule has 1 aromatic carbocycles. The van der Waals surface area contributed by atoms with Crippen LogP contribution in [-0.4, -0.2) is 46.1 Å². The lowest BCUT2D eigenvalue weighted by molar-refractivity contribution is 0.320. The average Bonchev–Trinajstić information content (AvgIpc) is 2.53. The van der Waals surface area contributed by atoms with Crippen molar-refractivity contribution >= 4 is 11.0 Å². The van der Waals surface area contributed by atoms with Crippen LogP contribution in [0.5, 0.6) is 0 Å². The molecule has 2 rings (SSSR count). The normalized spacial score (nSPS) is 18.7. The lowest BCUT2D eigenvalue weighted by Gasteiger charge is -2.28. The SMILES string of the molecule is CCCCN(C)Cc1cccc(S(=O)N2CCC(N)CC2)c1. The van der Waals surface area contributed by atoms with Crippen molar-refractivity contribution in [1.82, 2.24) is 9.21 Å². The Kier molecular flexibility index (Phi) is 7.02. The van der Waals surface area contributed by atoms with Crippen LogP contribution in [0.3, 0.4) is 0 Å². The van der Waals surface area contributed by atoms with Gasteiger partial charge < -0.3 is 10.6 Å². The van der Waals surface area contributed by atoms with Gasteiger partial charge in [0.2, 0.25) is 0 Å². The number of rotatable bonds is 7. The molecule has 1 aliphatic rings. The number of nitrogens with two attached hydrogens (primary N) is 1. The Bertz CT molecular complexity index is 487. The monoisotopic (exact) mass is 323 g/mol. The van der Waals surface area contributed by atoms with Crippen LogP contribution in [0, 0.1) is 0 Å². The second-order valence-electron chi connectivity index (χ2n) is 6.25. The number of unbranched alkanes of at least 4 members (excludes halogenated alkanes) is 1. The lowest BCUT2D eigenvalue weighted by atomic mass is 10.1. The Balaban J connectivity index is 1.97. The predicted octanol–water partition coefficient (Wildman–Crippen LogP) is 2.36. The molecular weight excluding hydrogens is 294 g/mol. The fraction of sp³-hybridized carbons (Fsp3) is 0.647. The lowest BCUT2D eigenvalue weighted by Crippen LogP contribution is -2.40. The predicted molar refractivity (Wildman–Crippen MR) is 92.9 cm³/mol. The van der Waals surface area contributed by atoms with Crippen LogP contribution < -0.4 is 5.73 Å². The van der Waals surface area contributed by atoms with Gasteiger partial charge in [-0.3, -0.25) is 0 Å². The standard InChI is InChI=1S/C17H29N3OS/c1-3-4-10-19(2)14-15-6-5-7-17(13-15)22(21)20-11-8-16(18)9-12-20/h5-7,13,16H,3-4,8-12,14,18H2,1-2H3. The molecule has 1 saturated heterocycles. The smallest absolute Gasteiger partial charge is 0.127 e. The van der Waals surface area contributed by atoms with E-state index in [0.717, 1.165) is 43.9 Å². The zero-order chi connectivity index (χ0) is 15.9. The topological polar surface area (TPSA) is 49.6 Å². The Morgan fingerprint density at radius 2 is 2.09 bits per heavy atom. The fourth-order valence-electron chi connectivity index (χ4n) is 2.76. The maximum Gasteiger partial charge on any atom is 0.127 e. The van der Waals surface area contributed by atoms with Crippen LogP contribution in [0.2, 0.25) is 0 Å². The molecule has 22 heavy (non-hydrogen) atoms. The van der Waals surface area contributed by atoms with Crippen LogP contribution in [-0.2, 0) is 17.5 Å². The first kappa shape index (κ1) is 17.6. The van der Waals surface area contributed by atoms with Crippen molar-refractivity contribution in [3.05, 3.63) is 29.8 Å². The van der Waals surface area contributed by atoms with Crippen LogP contribution in [0.15, 0.2) is 29.2 Å². The van der Waals surface area contributed by atoms with E-state index in [1.165, 1.54) is 18.4 Å². The van der Waals surface area contributed by atoms with E-state index < -0.39 is 11.0 Å². The Hall–Kier alpha value is -0.750. The molecule has 1 atom stereocenters. The van der Waals surface area contributed by atoms with Gasteiger partial charge in [-0.05, 0) is 50.6 Å². The van der Waals surface area contributed by atoms with Gasteiger partial charge in [0.05, 0.1) is 4.90 Å². The van der Waals surface area contributed by atoms with Gasteiger partial charge in [-0.2, -0.15) is 0 Å². The van der Waals surface area contributed by atoms with Crippen LogP contribution in [0.4, 0.5) is 0 Å². The summed E-state index contributed by atoms with van der Waals surface area (Å²) < 4.78 is 14.7. The van der Waals surface area contributed by atoms with Gasteiger partial charge in [0.25, 0.3) is 0 Å². The number of hydrogen-bond donors (Lipinski definition) is 1. The van der Waals surface area contributed by atoms with E-state index in [1.807, 2.05) is 16.4 Å². The molecule has 0 saturated carbocycles. The average molecular weight is 324 g/mol. The molecule has 0 amide bonds. The van der Waals surface area contributed by atoms with E-state index in [2.05, 4.69) is 31.0 Å². The van der Waals surface area contributed by atoms with Crippen LogP contribution in [0.1, 0.15) is 38.2 Å². The van der Waals surface area contributed by atoms with Gasteiger partial charge in [-0.1, -0.05) is 25.5 Å². The zero-order valence-corrected chi connectivity index (χ0v) is 14.6. The fourth-order valence-corrected chi connectivity index (χ4v) is 4.05. The van der Waals surface area contributed by atoms with Crippen LogP contribution in [0.25, 0.3) is 0 Å². The van der Waals surface area contributed by atoms with Gasteiger partial charge in [0.1, 0.15) is 11.0 Å².